The molecule has 0 heterocycles. The summed E-state index contributed by atoms with van der Waals surface area (Å²) in [6, 6.07) is 5.82. The summed E-state index contributed by atoms with van der Waals surface area (Å²) in [5.41, 5.74) is 0.364. The first kappa shape index (κ1) is 17.7. The Labute approximate surface area is 138 Å². The molecule has 0 spiro atoms. The van der Waals surface area contributed by atoms with Crippen molar-refractivity contribution in [2.45, 2.75) is 18.7 Å². The van der Waals surface area contributed by atoms with Crippen LogP contribution in [0.3, 0.4) is 0 Å². The smallest absolute Gasteiger partial charge is 0.337 e. The highest BCUT2D eigenvalue weighted by Gasteiger charge is 2.22. The molecule has 0 saturated carbocycles. The number of nitrogens with one attached hydrogen (secondary N) is 1. The lowest BCUT2D eigenvalue weighted by atomic mass is 10.1. The zero-order valence-corrected chi connectivity index (χ0v) is 14.1. The van der Waals surface area contributed by atoms with Crippen LogP contribution in [0.4, 0.5) is 10.1 Å². The summed E-state index contributed by atoms with van der Waals surface area (Å²) in [7, 11) is -2.57. The Bertz CT molecular complexity index is 909. The predicted molar refractivity (Wildman–Crippen MR) is 86.6 cm³/mol. The monoisotopic (exact) mass is 353 g/mol. The maximum Gasteiger partial charge on any atom is 0.337 e. The van der Waals surface area contributed by atoms with Gasteiger partial charge in [0, 0.05) is 0 Å². The molecule has 0 amide bonds. The van der Waals surface area contributed by atoms with Crippen LogP contribution in [-0.2, 0) is 10.0 Å². The van der Waals surface area contributed by atoms with Gasteiger partial charge < -0.3 is 9.84 Å². The van der Waals surface area contributed by atoms with Crippen molar-refractivity contribution in [2.24, 2.45) is 0 Å². The fourth-order valence-electron chi connectivity index (χ4n) is 2.25. The Hall–Kier alpha value is -2.61. The molecule has 0 aliphatic heterocycles. The number of carbonyl (C=O) groups is 1. The quantitative estimate of drug-likeness (QED) is 0.862. The van der Waals surface area contributed by atoms with E-state index in [1.165, 1.54) is 13.2 Å². The van der Waals surface area contributed by atoms with Crippen LogP contribution in [0.2, 0.25) is 0 Å². The predicted octanol–water partition coefficient (Wildman–Crippen LogP) is 2.95. The minimum absolute atomic E-state index is 0.0125. The molecule has 128 valence electrons. The van der Waals surface area contributed by atoms with E-state index in [1.807, 2.05) is 0 Å². The van der Waals surface area contributed by atoms with Crippen LogP contribution in [0.25, 0.3) is 0 Å². The first-order valence-corrected chi connectivity index (χ1v) is 8.35. The van der Waals surface area contributed by atoms with Gasteiger partial charge in [-0.3, -0.25) is 4.72 Å². The number of aromatic carboxylic acids is 1. The molecule has 2 rings (SSSR count). The van der Waals surface area contributed by atoms with Gasteiger partial charge >= 0.3 is 5.97 Å². The van der Waals surface area contributed by atoms with Gasteiger partial charge in [0.1, 0.15) is 11.6 Å². The molecule has 0 unspecified atom stereocenters. The number of sulfonamides is 1. The summed E-state index contributed by atoms with van der Waals surface area (Å²) < 4.78 is 45.7. The van der Waals surface area contributed by atoms with E-state index in [2.05, 4.69) is 4.72 Å². The van der Waals surface area contributed by atoms with Gasteiger partial charge in [-0.25, -0.2) is 17.6 Å². The highest BCUT2D eigenvalue weighted by Crippen LogP contribution is 2.28. The SMILES string of the molecule is COc1cc(C)c(S(=O)(=O)Nc2ccc(F)cc2C(=O)O)cc1C. The lowest BCUT2D eigenvalue weighted by Crippen LogP contribution is -2.17. The molecule has 0 atom stereocenters. The number of methoxy groups -OCH3 is 1. The van der Waals surface area contributed by atoms with E-state index in [0.29, 0.717) is 16.9 Å². The zero-order chi connectivity index (χ0) is 18.1. The number of carboxylic acids is 1. The molecule has 2 aromatic carbocycles. The van der Waals surface area contributed by atoms with E-state index in [-0.39, 0.29) is 10.6 Å². The zero-order valence-electron chi connectivity index (χ0n) is 13.3. The van der Waals surface area contributed by atoms with Crippen molar-refractivity contribution in [3.05, 3.63) is 52.8 Å². The van der Waals surface area contributed by atoms with Crippen LogP contribution in [-0.4, -0.2) is 26.6 Å². The number of hydrogen-bond donors (Lipinski definition) is 2. The maximum atomic E-state index is 13.2. The minimum Gasteiger partial charge on any atom is -0.496 e. The molecule has 2 aromatic rings. The van der Waals surface area contributed by atoms with Gasteiger partial charge in [0.25, 0.3) is 10.0 Å². The van der Waals surface area contributed by atoms with Crippen LogP contribution >= 0.6 is 0 Å². The summed E-state index contributed by atoms with van der Waals surface area (Å²) in [6.45, 7) is 3.29. The number of hydrogen-bond acceptors (Lipinski definition) is 4. The third kappa shape index (κ3) is 3.48. The first-order chi connectivity index (χ1) is 11.2. The molecule has 6 nitrogen and oxygen atoms in total. The van der Waals surface area contributed by atoms with Crippen LogP contribution in [0.5, 0.6) is 5.75 Å². The largest absolute Gasteiger partial charge is 0.496 e. The third-order valence-electron chi connectivity index (χ3n) is 3.44. The van der Waals surface area contributed by atoms with E-state index in [0.717, 1.165) is 18.2 Å². The van der Waals surface area contributed by atoms with Gasteiger partial charge in [-0.15, -0.1) is 0 Å². The molecule has 0 radical (unpaired) electrons. The van der Waals surface area contributed by atoms with E-state index >= 15 is 0 Å². The molecule has 0 aromatic heterocycles. The van der Waals surface area contributed by atoms with Gasteiger partial charge in [0.15, 0.2) is 0 Å². The van der Waals surface area contributed by atoms with E-state index < -0.39 is 27.4 Å². The number of rotatable bonds is 5. The molecule has 0 aliphatic rings. The average molecular weight is 353 g/mol. The van der Waals surface area contributed by atoms with Gasteiger partial charge in [-0.2, -0.15) is 0 Å². The Morgan fingerprint density at radius 3 is 2.42 bits per heavy atom. The van der Waals surface area contributed by atoms with Crippen molar-refractivity contribution >= 4 is 21.7 Å². The highest BCUT2D eigenvalue weighted by molar-refractivity contribution is 7.92. The number of halogens is 1. The average Bonchev–Trinajstić information content (AvgIpc) is 2.50. The lowest BCUT2D eigenvalue weighted by Gasteiger charge is -2.14. The van der Waals surface area contributed by atoms with Crippen LogP contribution in [0.1, 0.15) is 21.5 Å². The Balaban J connectivity index is 2.51. The van der Waals surface area contributed by atoms with Crippen LogP contribution in [0.15, 0.2) is 35.2 Å². The second-order valence-corrected chi connectivity index (χ2v) is 6.84. The van der Waals surface area contributed by atoms with Crippen molar-refractivity contribution in [3.63, 3.8) is 0 Å². The van der Waals surface area contributed by atoms with E-state index in [9.17, 15) is 17.6 Å². The topological polar surface area (TPSA) is 92.7 Å². The Morgan fingerprint density at radius 2 is 1.83 bits per heavy atom. The summed E-state index contributed by atoms with van der Waals surface area (Å²) in [6.07, 6.45) is 0. The molecular weight excluding hydrogens is 337 g/mol. The molecule has 0 fully saturated rings. The van der Waals surface area contributed by atoms with Crippen molar-refractivity contribution in [1.29, 1.82) is 0 Å². The summed E-state index contributed by atoms with van der Waals surface area (Å²) in [5.74, 6) is -1.67. The van der Waals surface area contributed by atoms with Gasteiger partial charge in [-0.1, -0.05) is 0 Å². The molecular formula is C16H16FNO5S. The van der Waals surface area contributed by atoms with E-state index in [1.54, 1.807) is 19.9 Å². The molecule has 0 saturated heterocycles. The molecule has 0 aliphatic carbocycles. The molecule has 8 heteroatoms. The van der Waals surface area contributed by atoms with Crippen molar-refractivity contribution < 1.29 is 27.4 Å². The van der Waals surface area contributed by atoms with Crippen molar-refractivity contribution in [2.75, 3.05) is 11.8 Å². The minimum atomic E-state index is -4.05. The number of anilines is 1. The number of aryl methyl sites for hydroxylation is 2. The second-order valence-electron chi connectivity index (χ2n) is 5.19. The molecule has 2 N–H and O–H groups in total. The van der Waals surface area contributed by atoms with Crippen molar-refractivity contribution in [3.8, 4) is 5.75 Å². The third-order valence-corrected chi connectivity index (χ3v) is 4.95. The first-order valence-electron chi connectivity index (χ1n) is 6.86. The molecule has 24 heavy (non-hydrogen) atoms. The van der Waals surface area contributed by atoms with Gasteiger partial charge in [-0.05, 0) is 55.3 Å². The fraction of sp³-hybridized carbons (Fsp3) is 0.188. The number of carboxylic acid groups (broad SMARTS) is 1. The molecule has 0 bridgehead atoms. The Morgan fingerprint density at radius 1 is 1.17 bits per heavy atom. The van der Waals surface area contributed by atoms with Crippen molar-refractivity contribution in [1.82, 2.24) is 0 Å². The second kappa shape index (κ2) is 6.48. The number of ether oxygens (including phenoxy) is 1. The van der Waals surface area contributed by atoms with Crippen LogP contribution < -0.4 is 9.46 Å². The normalized spacial score (nSPS) is 11.2. The number of benzene rings is 2. The fourth-order valence-corrected chi connectivity index (χ4v) is 3.65. The summed E-state index contributed by atoms with van der Waals surface area (Å²) in [5, 5.41) is 9.11. The van der Waals surface area contributed by atoms with E-state index in [4.69, 9.17) is 9.84 Å². The van der Waals surface area contributed by atoms with Gasteiger partial charge in [0.2, 0.25) is 0 Å². The standard InChI is InChI=1S/C16H16FNO5S/c1-9-7-15(10(2)6-14(9)23-3)24(21,22)18-13-5-4-11(17)8-12(13)16(19)20/h4-8,18H,1-3H3,(H,19,20). The maximum absolute atomic E-state index is 13.2. The summed E-state index contributed by atoms with van der Waals surface area (Å²) in [4.78, 5) is 11.2. The Kier molecular flexibility index (Phi) is 4.79. The lowest BCUT2D eigenvalue weighted by molar-refractivity contribution is 0.0697. The summed E-state index contributed by atoms with van der Waals surface area (Å²) >= 11 is 0. The van der Waals surface area contributed by atoms with Gasteiger partial charge in [0.05, 0.1) is 23.3 Å². The highest BCUT2D eigenvalue weighted by atomic mass is 32.2. The van der Waals surface area contributed by atoms with Crippen LogP contribution in [0, 0.1) is 19.7 Å².